The van der Waals surface area contributed by atoms with Crippen molar-refractivity contribution in [3.8, 4) is 0 Å². The Hall–Kier alpha value is -2.00. The predicted molar refractivity (Wildman–Crippen MR) is 62.5 cm³/mol. The van der Waals surface area contributed by atoms with E-state index in [1.165, 1.54) is 11.3 Å². The fourth-order valence-electron chi connectivity index (χ4n) is 0.935. The van der Waals surface area contributed by atoms with Gasteiger partial charge in [0.25, 0.3) is 5.91 Å². The van der Waals surface area contributed by atoms with Gasteiger partial charge in [0.15, 0.2) is 5.13 Å². The predicted octanol–water partition coefficient (Wildman–Crippen LogP) is 0.201. The lowest BCUT2D eigenvalue weighted by molar-refractivity contribution is -0.143. The van der Waals surface area contributed by atoms with Crippen LogP contribution >= 0.6 is 11.3 Å². The van der Waals surface area contributed by atoms with Crippen molar-refractivity contribution in [1.82, 2.24) is 10.3 Å². The summed E-state index contributed by atoms with van der Waals surface area (Å²) in [7, 11) is 0. The SMILES string of the molecule is Cc1cnc(NC(=O)NC(=O)COCC(=O)O)s1. The van der Waals surface area contributed by atoms with Gasteiger partial charge in [-0.3, -0.25) is 15.4 Å². The second-order valence-electron chi connectivity index (χ2n) is 3.16. The Bertz CT molecular complexity index is 459. The van der Waals surface area contributed by atoms with Crippen LogP contribution in [0.25, 0.3) is 0 Å². The first kappa shape index (κ1) is 14.1. The van der Waals surface area contributed by atoms with Crippen LogP contribution in [-0.4, -0.2) is 41.2 Å². The number of carbonyl (C=O) groups excluding carboxylic acids is 2. The number of carboxylic acid groups (broad SMARTS) is 1. The van der Waals surface area contributed by atoms with Crippen LogP contribution in [0, 0.1) is 6.92 Å². The zero-order valence-corrected chi connectivity index (χ0v) is 10.2. The molecule has 98 valence electrons. The number of anilines is 1. The lowest BCUT2D eigenvalue weighted by atomic mass is 10.6. The van der Waals surface area contributed by atoms with Gasteiger partial charge in [-0.15, -0.1) is 11.3 Å². The van der Waals surface area contributed by atoms with E-state index in [9.17, 15) is 14.4 Å². The Morgan fingerprint density at radius 2 is 2.17 bits per heavy atom. The number of hydrogen-bond donors (Lipinski definition) is 3. The van der Waals surface area contributed by atoms with Gasteiger partial charge in [0.1, 0.15) is 13.2 Å². The molecule has 9 heteroatoms. The van der Waals surface area contributed by atoms with Crippen molar-refractivity contribution in [3.05, 3.63) is 11.1 Å². The van der Waals surface area contributed by atoms with Crippen LogP contribution in [-0.2, 0) is 14.3 Å². The standard InChI is InChI=1S/C9H11N3O5S/c1-5-2-10-9(18-5)12-8(16)11-6(13)3-17-4-7(14)15/h2H,3-4H2,1H3,(H,14,15)(H2,10,11,12,13,16). The number of hydrogen-bond acceptors (Lipinski definition) is 6. The maximum absolute atomic E-state index is 11.3. The van der Waals surface area contributed by atoms with Crippen molar-refractivity contribution in [3.63, 3.8) is 0 Å². The van der Waals surface area contributed by atoms with Gasteiger partial charge >= 0.3 is 12.0 Å². The Kier molecular flexibility index (Phi) is 5.21. The number of carbonyl (C=O) groups is 3. The third-order valence-electron chi connectivity index (χ3n) is 1.55. The van der Waals surface area contributed by atoms with Crippen LogP contribution in [0.1, 0.15) is 4.88 Å². The molecule has 8 nitrogen and oxygen atoms in total. The van der Waals surface area contributed by atoms with Gasteiger partial charge in [-0.1, -0.05) is 0 Å². The molecule has 0 saturated carbocycles. The Morgan fingerprint density at radius 1 is 1.44 bits per heavy atom. The third-order valence-corrected chi connectivity index (χ3v) is 2.38. The number of amides is 3. The van der Waals surface area contributed by atoms with E-state index in [4.69, 9.17) is 5.11 Å². The van der Waals surface area contributed by atoms with E-state index in [0.717, 1.165) is 4.88 Å². The van der Waals surface area contributed by atoms with Gasteiger partial charge in [0.2, 0.25) is 0 Å². The van der Waals surface area contributed by atoms with Crippen LogP contribution < -0.4 is 10.6 Å². The molecule has 0 aliphatic rings. The van der Waals surface area contributed by atoms with Gasteiger partial charge in [0.05, 0.1) is 0 Å². The molecule has 0 saturated heterocycles. The summed E-state index contributed by atoms with van der Waals surface area (Å²) in [6.45, 7) is 0.725. The van der Waals surface area contributed by atoms with Crippen molar-refractivity contribution >= 4 is 34.4 Å². The molecule has 0 aliphatic heterocycles. The summed E-state index contributed by atoms with van der Waals surface area (Å²) < 4.78 is 4.51. The molecule has 1 aromatic rings. The Balaban J connectivity index is 2.27. The number of aliphatic carboxylic acids is 1. The van der Waals surface area contributed by atoms with E-state index < -0.39 is 31.1 Å². The summed E-state index contributed by atoms with van der Waals surface area (Å²) in [5.41, 5.74) is 0. The third kappa shape index (κ3) is 5.37. The molecule has 0 aliphatic carbocycles. The largest absolute Gasteiger partial charge is 0.480 e. The number of carboxylic acids is 1. The van der Waals surface area contributed by atoms with Crippen LogP contribution in [0.15, 0.2) is 6.20 Å². The number of rotatable bonds is 5. The van der Waals surface area contributed by atoms with Crippen molar-refractivity contribution in [2.24, 2.45) is 0 Å². The Labute approximate surface area is 106 Å². The number of nitrogens with one attached hydrogen (secondary N) is 2. The van der Waals surface area contributed by atoms with E-state index in [1.54, 1.807) is 6.20 Å². The van der Waals surface area contributed by atoms with Crippen LogP contribution in [0.5, 0.6) is 0 Å². The summed E-state index contributed by atoms with van der Waals surface area (Å²) >= 11 is 1.26. The molecule has 0 atom stereocenters. The molecule has 3 N–H and O–H groups in total. The average Bonchev–Trinajstić information content (AvgIpc) is 2.62. The number of aryl methyl sites for hydroxylation is 1. The second-order valence-corrected chi connectivity index (χ2v) is 4.40. The number of urea groups is 1. The second kappa shape index (κ2) is 6.67. The molecule has 1 aromatic heterocycles. The average molecular weight is 273 g/mol. The maximum atomic E-state index is 11.3. The topological polar surface area (TPSA) is 118 Å². The Morgan fingerprint density at radius 3 is 2.72 bits per heavy atom. The van der Waals surface area contributed by atoms with Crippen LogP contribution in [0.4, 0.5) is 9.93 Å². The minimum Gasteiger partial charge on any atom is -0.480 e. The highest BCUT2D eigenvalue weighted by molar-refractivity contribution is 7.15. The van der Waals surface area contributed by atoms with Gasteiger partial charge < -0.3 is 9.84 Å². The van der Waals surface area contributed by atoms with Gasteiger partial charge in [-0.2, -0.15) is 0 Å². The summed E-state index contributed by atoms with van der Waals surface area (Å²) in [4.78, 5) is 37.3. The fourth-order valence-corrected chi connectivity index (χ4v) is 1.59. The molecule has 0 aromatic carbocycles. The minimum atomic E-state index is -1.19. The quantitative estimate of drug-likeness (QED) is 0.705. The van der Waals surface area contributed by atoms with E-state index in [1.807, 2.05) is 12.2 Å². The minimum absolute atomic E-state index is 0.365. The first-order chi connectivity index (χ1) is 8.47. The van der Waals surface area contributed by atoms with Crippen molar-refractivity contribution in [2.45, 2.75) is 6.92 Å². The van der Waals surface area contributed by atoms with Gasteiger partial charge in [-0.05, 0) is 6.92 Å². The molecule has 0 radical (unpaired) electrons. The zero-order chi connectivity index (χ0) is 13.5. The molecule has 18 heavy (non-hydrogen) atoms. The molecule has 3 amide bonds. The first-order valence-electron chi connectivity index (χ1n) is 4.80. The smallest absolute Gasteiger partial charge is 0.329 e. The number of ether oxygens (including phenoxy) is 1. The maximum Gasteiger partial charge on any atom is 0.329 e. The van der Waals surface area contributed by atoms with Gasteiger partial charge in [0, 0.05) is 11.1 Å². The highest BCUT2D eigenvalue weighted by Gasteiger charge is 2.10. The summed E-state index contributed by atoms with van der Waals surface area (Å²) in [6, 6.07) is -0.742. The molecule has 0 fully saturated rings. The monoisotopic (exact) mass is 273 g/mol. The lowest BCUT2D eigenvalue weighted by Crippen LogP contribution is -2.37. The first-order valence-corrected chi connectivity index (χ1v) is 5.62. The zero-order valence-electron chi connectivity index (χ0n) is 9.43. The van der Waals surface area contributed by atoms with E-state index >= 15 is 0 Å². The highest BCUT2D eigenvalue weighted by Crippen LogP contribution is 2.15. The molecule has 0 bridgehead atoms. The van der Waals surface area contributed by atoms with Gasteiger partial charge in [-0.25, -0.2) is 14.6 Å². The lowest BCUT2D eigenvalue weighted by Gasteiger charge is -2.04. The van der Waals surface area contributed by atoms with E-state index in [0.29, 0.717) is 5.13 Å². The molecular formula is C9H11N3O5S. The molecular weight excluding hydrogens is 262 g/mol. The van der Waals surface area contributed by atoms with Crippen molar-refractivity contribution in [1.29, 1.82) is 0 Å². The highest BCUT2D eigenvalue weighted by atomic mass is 32.1. The van der Waals surface area contributed by atoms with E-state index in [2.05, 4.69) is 15.0 Å². The molecule has 0 spiro atoms. The number of thiazole rings is 1. The van der Waals surface area contributed by atoms with Crippen molar-refractivity contribution in [2.75, 3.05) is 18.5 Å². The fraction of sp³-hybridized carbons (Fsp3) is 0.333. The normalized spacial score (nSPS) is 9.83. The summed E-state index contributed by atoms with van der Waals surface area (Å²) in [6.07, 6.45) is 1.58. The summed E-state index contributed by atoms with van der Waals surface area (Å²) in [5, 5.41) is 13.0. The number of imide groups is 1. The van der Waals surface area contributed by atoms with Crippen LogP contribution in [0.3, 0.4) is 0 Å². The number of aromatic nitrogens is 1. The summed E-state index contributed by atoms with van der Waals surface area (Å²) in [5.74, 6) is -1.92. The number of nitrogens with zero attached hydrogens (tertiary/aromatic N) is 1. The molecule has 1 rings (SSSR count). The van der Waals surface area contributed by atoms with Crippen LogP contribution in [0.2, 0.25) is 0 Å². The molecule has 1 heterocycles. The van der Waals surface area contributed by atoms with Crippen molar-refractivity contribution < 1.29 is 24.2 Å². The molecule has 0 unspecified atom stereocenters. The van der Waals surface area contributed by atoms with E-state index in [-0.39, 0.29) is 0 Å².